The molecule has 0 amide bonds. The van der Waals surface area contributed by atoms with Crippen LogP contribution < -0.4 is 9.47 Å². The highest BCUT2D eigenvalue weighted by atomic mass is 16.7. The second-order valence-corrected chi connectivity index (χ2v) is 7.71. The van der Waals surface area contributed by atoms with Crippen molar-refractivity contribution in [3.8, 4) is 11.5 Å². The van der Waals surface area contributed by atoms with Crippen LogP contribution in [-0.2, 0) is 9.53 Å². The van der Waals surface area contributed by atoms with Crippen LogP contribution >= 0.6 is 0 Å². The average Bonchev–Trinajstić information content (AvgIpc) is 2.90. The molecule has 4 nitrogen and oxygen atoms in total. The minimum atomic E-state index is -1.43. The summed E-state index contributed by atoms with van der Waals surface area (Å²) in [6.45, 7) is 3.36. The molecule has 0 aliphatic carbocycles. The number of hydrogen-bond donors (Lipinski definition) is 0. The molecule has 0 unspecified atom stereocenters. The number of ether oxygens (including phenoxy) is 3. The summed E-state index contributed by atoms with van der Waals surface area (Å²) in [4.78, 5) is 12.2. The van der Waals surface area contributed by atoms with Crippen LogP contribution in [0.5, 0.6) is 11.5 Å². The van der Waals surface area contributed by atoms with Crippen molar-refractivity contribution in [3.05, 3.63) is 145 Å². The van der Waals surface area contributed by atoms with E-state index in [0.717, 1.165) is 17.2 Å². The summed E-state index contributed by atoms with van der Waals surface area (Å²) in [5, 5.41) is 0. The molecule has 4 aromatic carbocycles. The van der Waals surface area contributed by atoms with E-state index in [1.165, 1.54) is 0 Å². The zero-order valence-electron chi connectivity index (χ0n) is 18.7. The Kier molecular flexibility index (Phi) is 7.41. The molecule has 4 rings (SSSR count). The van der Waals surface area contributed by atoms with E-state index in [4.69, 9.17) is 14.2 Å². The summed E-state index contributed by atoms with van der Waals surface area (Å²) in [5.41, 5.74) is 1.91. The number of carbonyl (C=O) groups is 1. The van der Waals surface area contributed by atoms with Gasteiger partial charge in [-0.15, -0.1) is 0 Å². The molecule has 4 heteroatoms. The lowest BCUT2D eigenvalue weighted by Crippen LogP contribution is -2.53. The Morgan fingerprint density at radius 2 is 1.06 bits per heavy atom. The molecule has 4 aromatic rings. The largest absolute Gasteiger partial charge is 0.454 e. The van der Waals surface area contributed by atoms with Gasteiger partial charge in [-0.25, -0.2) is 4.79 Å². The standard InChI is InChI=1S/C30H26O4/c1-2-28(31)32-23-30(33-26-19-11-5-12-20-26,34-27-21-13-6-14-22-27)29(24-15-7-3-8-16-24)25-17-9-4-10-18-25/h2-22,29H,1,23H2. The lowest BCUT2D eigenvalue weighted by Gasteiger charge is -2.40. The minimum Gasteiger partial charge on any atom is -0.454 e. The molecule has 0 bridgehead atoms. The zero-order valence-corrected chi connectivity index (χ0v) is 18.7. The van der Waals surface area contributed by atoms with Crippen molar-refractivity contribution >= 4 is 5.97 Å². The van der Waals surface area contributed by atoms with Gasteiger partial charge in [0.2, 0.25) is 0 Å². The van der Waals surface area contributed by atoms with Gasteiger partial charge in [-0.05, 0) is 35.4 Å². The third-order valence-corrected chi connectivity index (χ3v) is 5.36. The molecule has 34 heavy (non-hydrogen) atoms. The van der Waals surface area contributed by atoms with Crippen LogP contribution in [0.15, 0.2) is 134 Å². The van der Waals surface area contributed by atoms with E-state index in [1.807, 2.05) is 121 Å². The van der Waals surface area contributed by atoms with E-state index in [2.05, 4.69) is 6.58 Å². The van der Waals surface area contributed by atoms with E-state index in [-0.39, 0.29) is 6.61 Å². The summed E-state index contributed by atoms with van der Waals surface area (Å²) >= 11 is 0. The van der Waals surface area contributed by atoms with E-state index in [9.17, 15) is 4.79 Å². The van der Waals surface area contributed by atoms with Crippen molar-refractivity contribution in [2.45, 2.75) is 11.7 Å². The van der Waals surface area contributed by atoms with Crippen molar-refractivity contribution < 1.29 is 19.0 Å². The molecule has 0 atom stereocenters. The fraction of sp³-hybridized carbons (Fsp3) is 0.100. The van der Waals surface area contributed by atoms with E-state index >= 15 is 0 Å². The summed E-state index contributed by atoms with van der Waals surface area (Å²) in [7, 11) is 0. The van der Waals surface area contributed by atoms with Crippen LogP contribution in [0.1, 0.15) is 17.0 Å². The van der Waals surface area contributed by atoms with Crippen LogP contribution in [-0.4, -0.2) is 18.4 Å². The fourth-order valence-corrected chi connectivity index (χ4v) is 3.88. The normalized spacial score (nSPS) is 11.0. The molecule has 0 aliphatic heterocycles. The zero-order chi connectivity index (χ0) is 23.6. The predicted octanol–water partition coefficient (Wildman–Crippen LogP) is 6.40. The van der Waals surface area contributed by atoms with E-state index in [1.54, 1.807) is 0 Å². The molecule has 0 saturated heterocycles. The van der Waals surface area contributed by atoms with Crippen molar-refractivity contribution in [3.63, 3.8) is 0 Å². The fourth-order valence-electron chi connectivity index (χ4n) is 3.88. The molecular weight excluding hydrogens is 424 g/mol. The van der Waals surface area contributed by atoms with Crippen LogP contribution in [0.2, 0.25) is 0 Å². The van der Waals surface area contributed by atoms with Crippen LogP contribution in [0, 0.1) is 0 Å². The Morgan fingerprint density at radius 1 is 0.676 bits per heavy atom. The van der Waals surface area contributed by atoms with Gasteiger partial charge in [0.1, 0.15) is 11.5 Å². The van der Waals surface area contributed by atoms with Crippen LogP contribution in [0.4, 0.5) is 0 Å². The number of benzene rings is 4. The van der Waals surface area contributed by atoms with Gasteiger partial charge < -0.3 is 14.2 Å². The first-order valence-corrected chi connectivity index (χ1v) is 11.1. The quantitative estimate of drug-likeness (QED) is 0.159. The van der Waals surface area contributed by atoms with Gasteiger partial charge in [-0.3, -0.25) is 0 Å². The van der Waals surface area contributed by atoms with Crippen molar-refractivity contribution in [2.24, 2.45) is 0 Å². The summed E-state index contributed by atoms with van der Waals surface area (Å²) in [6, 6.07) is 38.7. The molecule has 170 valence electrons. The first-order chi connectivity index (χ1) is 16.7. The van der Waals surface area contributed by atoms with Gasteiger partial charge in [0.25, 0.3) is 5.79 Å². The highest BCUT2D eigenvalue weighted by Gasteiger charge is 2.47. The van der Waals surface area contributed by atoms with Gasteiger partial charge in [0.05, 0.1) is 5.92 Å². The number of esters is 1. The molecule has 0 saturated carbocycles. The average molecular weight is 451 g/mol. The highest BCUT2D eigenvalue weighted by molar-refractivity contribution is 5.81. The molecule has 0 spiro atoms. The monoisotopic (exact) mass is 450 g/mol. The van der Waals surface area contributed by atoms with Gasteiger partial charge in [0, 0.05) is 6.08 Å². The minimum absolute atomic E-state index is 0.171. The SMILES string of the molecule is C=CC(=O)OCC(Oc1ccccc1)(Oc1ccccc1)C(c1ccccc1)c1ccccc1. The van der Waals surface area contributed by atoms with Crippen molar-refractivity contribution in [2.75, 3.05) is 6.61 Å². The summed E-state index contributed by atoms with van der Waals surface area (Å²) in [5.74, 6) is -1.25. The molecule has 0 aromatic heterocycles. The van der Waals surface area contributed by atoms with Crippen molar-refractivity contribution in [1.29, 1.82) is 0 Å². The lowest BCUT2D eigenvalue weighted by atomic mass is 9.84. The maximum Gasteiger partial charge on any atom is 0.330 e. The first kappa shape index (κ1) is 22.9. The molecule has 0 aliphatic rings. The molecule has 0 fully saturated rings. The number of carbonyl (C=O) groups excluding carboxylic acids is 1. The third kappa shape index (κ3) is 5.54. The molecule has 0 radical (unpaired) electrons. The van der Waals surface area contributed by atoms with Gasteiger partial charge >= 0.3 is 5.97 Å². The molecule has 0 heterocycles. The lowest BCUT2D eigenvalue weighted by molar-refractivity contribution is -0.178. The Morgan fingerprint density at radius 3 is 1.44 bits per heavy atom. The van der Waals surface area contributed by atoms with Gasteiger partial charge in [-0.1, -0.05) is 104 Å². The third-order valence-electron chi connectivity index (χ3n) is 5.36. The van der Waals surface area contributed by atoms with Crippen LogP contribution in [0.3, 0.4) is 0 Å². The second-order valence-electron chi connectivity index (χ2n) is 7.71. The van der Waals surface area contributed by atoms with E-state index in [0.29, 0.717) is 11.5 Å². The van der Waals surface area contributed by atoms with Gasteiger partial charge in [-0.2, -0.15) is 0 Å². The number of hydrogen-bond acceptors (Lipinski definition) is 4. The second kappa shape index (κ2) is 11.0. The van der Waals surface area contributed by atoms with Gasteiger partial charge in [0.15, 0.2) is 6.61 Å². The molecule has 0 N–H and O–H groups in total. The maximum absolute atomic E-state index is 12.2. The Balaban J connectivity index is 1.92. The topological polar surface area (TPSA) is 44.8 Å². The number of rotatable bonds is 10. The Hall–Kier alpha value is -4.31. The van der Waals surface area contributed by atoms with E-state index < -0.39 is 17.7 Å². The number of para-hydroxylation sites is 2. The Bertz CT molecular complexity index is 1090. The maximum atomic E-state index is 12.2. The van der Waals surface area contributed by atoms with Crippen LogP contribution in [0.25, 0.3) is 0 Å². The van der Waals surface area contributed by atoms with Crippen molar-refractivity contribution in [1.82, 2.24) is 0 Å². The first-order valence-electron chi connectivity index (χ1n) is 11.1. The predicted molar refractivity (Wildman–Crippen MR) is 133 cm³/mol. The summed E-state index contributed by atoms with van der Waals surface area (Å²) < 4.78 is 18.9. The smallest absolute Gasteiger partial charge is 0.330 e. The Labute approximate surface area is 200 Å². The molecular formula is C30H26O4. The summed E-state index contributed by atoms with van der Waals surface area (Å²) in [6.07, 6.45) is 1.13. The highest BCUT2D eigenvalue weighted by Crippen LogP contribution is 2.40.